The number of halogens is 1. The van der Waals surface area contributed by atoms with Gasteiger partial charge in [-0.25, -0.2) is 0 Å². The predicted octanol–water partition coefficient (Wildman–Crippen LogP) is 4.58. The second kappa shape index (κ2) is 5.55. The highest BCUT2D eigenvalue weighted by molar-refractivity contribution is 14.1. The lowest BCUT2D eigenvalue weighted by Crippen LogP contribution is -1.77. The van der Waals surface area contributed by atoms with Crippen molar-refractivity contribution in [2.24, 2.45) is 10.2 Å². The summed E-state index contributed by atoms with van der Waals surface area (Å²) in [6, 6.07) is 17.0. The van der Waals surface area contributed by atoms with E-state index in [1.54, 1.807) is 18.2 Å². The van der Waals surface area contributed by atoms with Crippen LogP contribution in [0.2, 0.25) is 0 Å². The lowest BCUT2D eigenvalue weighted by molar-refractivity contribution is 1.22. The van der Waals surface area contributed by atoms with Crippen LogP contribution in [0.4, 0.5) is 11.4 Å². The molecule has 0 aliphatic rings. The van der Waals surface area contributed by atoms with E-state index < -0.39 is 0 Å². The molecule has 2 aromatic rings. The number of hydrogen-bond donors (Lipinski definition) is 0. The first kappa shape index (κ1) is 11.7. The molecule has 0 amide bonds. The van der Waals surface area contributed by atoms with Gasteiger partial charge in [-0.3, -0.25) is 0 Å². The maximum absolute atomic E-state index is 8.75. The van der Waals surface area contributed by atoms with Gasteiger partial charge in [0.2, 0.25) is 0 Å². The molecule has 4 heteroatoms. The van der Waals surface area contributed by atoms with Crippen LogP contribution in [0.15, 0.2) is 58.8 Å². The van der Waals surface area contributed by atoms with Crippen LogP contribution in [0.25, 0.3) is 0 Å². The Morgan fingerprint density at radius 3 is 2.41 bits per heavy atom. The first-order valence-corrected chi connectivity index (χ1v) is 6.04. The zero-order valence-electron chi connectivity index (χ0n) is 8.84. The molecule has 0 aromatic heterocycles. The molecule has 2 rings (SSSR count). The number of hydrogen-bond acceptors (Lipinski definition) is 3. The Labute approximate surface area is 113 Å². The van der Waals surface area contributed by atoms with Crippen LogP contribution >= 0.6 is 22.6 Å². The zero-order chi connectivity index (χ0) is 12.1. The molecular weight excluding hydrogens is 325 g/mol. The highest BCUT2D eigenvalue weighted by atomic mass is 127. The summed E-state index contributed by atoms with van der Waals surface area (Å²) in [5.74, 6) is 0. The molecule has 0 saturated carbocycles. The molecule has 0 aliphatic heterocycles. The number of nitriles is 1. The van der Waals surface area contributed by atoms with Gasteiger partial charge >= 0.3 is 0 Å². The maximum atomic E-state index is 8.75. The summed E-state index contributed by atoms with van der Waals surface area (Å²) in [4.78, 5) is 0. The Balaban J connectivity index is 2.26. The van der Waals surface area contributed by atoms with Crippen LogP contribution in [-0.4, -0.2) is 0 Å². The predicted molar refractivity (Wildman–Crippen MR) is 74.5 cm³/mol. The third-order valence-electron chi connectivity index (χ3n) is 2.11. The van der Waals surface area contributed by atoms with Crippen LogP contribution in [0.5, 0.6) is 0 Å². The first-order valence-electron chi connectivity index (χ1n) is 4.96. The third-order valence-corrected chi connectivity index (χ3v) is 2.97. The molecule has 0 fully saturated rings. The average Bonchev–Trinajstić information content (AvgIpc) is 2.38. The van der Waals surface area contributed by atoms with Gasteiger partial charge in [0.15, 0.2) is 0 Å². The van der Waals surface area contributed by atoms with Gasteiger partial charge in [-0.15, -0.1) is 5.11 Å². The van der Waals surface area contributed by atoms with E-state index in [0.29, 0.717) is 5.56 Å². The largest absolute Gasteiger partial charge is 0.192 e. The third kappa shape index (κ3) is 3.11. The van der Waals surface area contributed by atoms with Crippen LogP contribution in [0.3, 0.4) is 0 Å². The van der Waals surface area contributed by atoms with Gasteiger partial charge in [0, 0.05) is 3.57 Å². The van der Waals surface area contributed by atoms with E-state index in [-0.39, 0.29) is 0 Å². The molecule has 0 radical (unpaired) electrons. The molecule has 0 saturated heterocycles. The number of rotatable bonds is 2. The smallest absolute Gasteiger partial charge is 0.0992 e. The zero-order valence-corrected chi connectivity index (χ0v) is 11.0. The van der Waals surface area contributed by atoms with E-state index in [2.05, 4.69) is 38.9 Å². The van der Waals surface area contributed by atoms with Crippen molar-refractivity contribution in [3.05, 3.63) is 57.7 Å². The number of benzene rings is 2. The van der Waals surface area contributed by atoms with E-state index in [0.717, 1.165) is 14.9 Å². The molecule has 2 aromatic carbocycles. The quantitative estimate of drug-likeness (QED) is 0.586. The Morgan fingerprint density at radius 1 is 1.00 bits per heavy atom. The van der Waals surface area contributed by atoms with Crippen LogP contribution in [0.1, 0.15) is 5.56 Å². The second-order valence-electron chi connectivity index (χ2n) is 3.31. The fourth-order valence-corrected chi connectivity index (χ4v) is 1.89. The summed E-state index contributed by atoms with van der Waals surface area (Å²) < 4.78 is 0.918. The molecule has 0 N–H and O–H groups in total. The van der Waals surface area contributed by atoms with E-state index in [1.165, 1.54) is 0 Å². The molecule has 17 heavy (non-hydrogen) atoms. The van der Waals surface area contributed by atoms with Crippen molar-refractivity contribution in [3.8, 4) is 6.07 Å². The molecule has 0 bridgehead atoms. The highest BCUT2D eigenvalue weighted by Crippen LogP contribution is 2.24. The molecular formula is C13H8IN3. The van der Waals surface area contributed by atoms with Gasteiger partial charge in [0.05, 0.1) is 23.0 Å². The minimum Gasteiger partial charge on any atom is -0.192 e. The molecule has 0 spiro atoms. The van der Waals surface area contributed by atoms with Crippen molar-refractivity contribution in [1.29, 1.82) is 5.26 Å². The van der Waals surface area contributed by atoms with Gasteiger partial charge in [0.1, 0.15) is 0 Å². The fraction of sp³-hybridized carbons (Fsp3) is 0. The average molecular weight is 333 g/mol. The summed E-state index contributed by atoms with van der Waals surface area (Å²) >= 11 is 2.15. The standard InChI is InChI=1S/C13H8IN3/c14-12-8-10(9-15)6-7-13(12)17-16-11-4-2-1-3-5-11/h1-8H. The van der Waals surface area contributed by atoms with Gasteiger partial charge < -0.3 is 0 Å². The van der Waals surface area contributed by atoms with Gasteiger partial charge in [-0.1, -0.05) is 18.2 Å². The fourth-order valence-electron chi connectivity index (χ4n) is 1.26. The van der Waals surface area contributed by atoms with Crippen molar-refractivity contribution in [2.45, 2.75) is 0 Å². The first-order chi connectivity index (χ1) is 8.29. The van der Waals surface area contributed by atoms with E-state index in [1.807, 2.05) is 30.3 Å². The maximum Gasteiger partial charge on any atom is 0.0992 e. The second-order valence-corrected chi connectivity index (χ2v) is 4.48. The summed E-state index contributed by atoms with van der Waals surface area (Å²) in [5, 5.41) is 17.0. The van der Waals surface area contributed by atoms with Crippen molar-refractivity contribution < 1.29 is 0 Å². The van der Waals surface area contributed by atoms with E-state index in [9.17, 15) is 0 Å². The van der Waals surface area contributed by atoms with Crippen molar-refractivity contribution >= 4 is 34.0 Å². The molecule has 82 valence electrons. The lowest BCUT2D eigenvalue weighted by Gasteiger charge is -1.97. The highest BCUT2D eigenvalue weighted by Gasteiger charge is 1.99. The van der Waals surface area contributed by atoms with Gasteiger partial charge in [-0.05, 0) is 52.9 Å². The normalized spacial score (nSPS) is 10.4. The van der Waals surface area contributed by atoms with E-state index in [4.69, 9.17) is 5.26 Å². The molecule has 0 unspecified atom stereocenters. The van der Waals surface area contributed by atoms with Crippen molar-refractivity contribution in [2.75, 3.05) is 0 Å². The molecule has 0 aliphatic carbocycles. The van der Waals surface area contributed by atoms with Gasteiger partial charge in [0.25, 0.3) is 0 Å². The Kier molecular flexibility index (Phi) is 3.83. The lowest BCUT2D eigenvalue weighted by atomic mass is 10.2. The van der Waals surface area contributed by atoms with Crippen molar-refractivity contribution in [3.63, 3.8) is 0 Å². The Hall–Kier alpha value is -1.74. The summed E-state index contributed by atoms with van der Waals surface area (Å²) in [7, 11) is 0. The Bertz CT molecular complexity index is 585. The topological polar surface area (TPSA) is 48.5 Å². The Morgan fingerprint density at radius 2 is 1.76 bits per heavy atom. The van der Waals surface area contributed by atoms with Crippen LogP contribution in [0, 0.1) is 14.9 Å². The molecule has 0 atom stereocenters. The SMILES string of the molecule is N#Cc1ccc(N=Nc2ccccc2)c(I)c1. The molecule has 3 nitrogen and oxygen atoms in total. The minimum absolute atomic E-state index is 0.632. The summed E-state index contributed by atoms with van der Waals surface area (Å²) in [6.07, 6.45) is 0. The summed E-state index contributed by atoms with van der Waals surface area (Å²) in [6.45, 7) is 0. The minimum atomic E-state index is 0.632. The van der Waals surface area contributed by atoms with Crippen molar-refractivity contribution in [1.82, 2.24) is 0 Å². The van der Waals surface area contributed by atoms with Crippen LogP contribution in [-0.2, 0) is 0 Å². The monoisotopic (exact) mass is 333 g/mol. The summed E-state index contributed by atoms with van der Waals surface area (Å²) in [5.41, 5.74) is 2.22. The van der Waals surface area contributed by atoms with Crippen LogP contribution < -0.4 is 0 Å². The molecule has 0 heterocycles. The number of nitrogens with zero attached hydrogens (tertiary/aromatic N) is 3. The number of azo groups is 1. The van der Waals surface area contributed by atoms with E-state index >= 15 is 0 Å². The van der Waals surface area contributed by atoms with Gasteiger partial charge in [-0.2, -0.15) is 10.4 Å².